The van der Waals surface area contributed by atoms with Crippen LogP contribution in [0.4, 0.5) is 0 Å². The van der Waals surface area contributed by atoms with Gasteiger partial charge in [-0.15, -0.1) is 0 Å². The topological polar surface area (TPSA) is 207 Å². The van der Waals surface area contributed by atoms with Crippen LogP contribution in [-0.4, -0.2) is 72.8 Å². The Kier molecular flexibility index (Phi) is 16.1. The van der Waals surface area contributed by atoms with Crippen molar-refractivity contribution in [3.63, 3.8) is 0 Å². The largest absolute Gasteiger partial charge is 0.386 e. The number of nitro groups is 3. The summed E-state index contributed by atoms with van der Waals surface area (Å²) in [6, 6.07) is -5.28. The molecule has 0 aromatic heterocycles. The molecule has 0 aliphatic heterocycles. The summed E-state index contributed by atoms with van der Waals surface area (Å²) < 4.78 is 0. The fourth-order valence-corrected chi connectivity index (χ4v) is 3.73. The van der Waals surface area contributed by atoms with Crippen molar-refractivity contribution in [2.45, 2.75) is 120 Å². The first kappa shape index (κ1) is 30.8. The molecular formula is C20H37N3O10. The summed E-state index contributed by atoms with van der Waals surface area (Å²) in [4.78, 5) is 42.0. The molecule has 13 nitrogen and oxygen atoms in total. The molecule has 33 heavy (non-hydrogen) atoms. The van der Waals surface area contributed by atoms with E-state index in [-0.39, 0.29) is 12.8 Å². The Morgan fingerprint density at radius 1 is 0.667 bits per heavy atom. The molecule has 0 saturated heterocycles. The van der Waals surface area contributed by atoms with Gasteiger partial charge in [-0.25, -0.2) is 0 Å². The van der Waals surface area contributed by atoms with Crippen LogP contribution in [0.2, 0.25) is 0 Å². The Labute approximate surface area is 192 Å². The number of aliphatic hydroxyl groups is 3. The summed E-state index contributed by atoms with van der Waals surface area (Å²) in [5.74, 6) is 0. The zero-order chi connectivity index (χ0) is 25.4. The van der Waals surface area contributed by atoms with Crippen LogP contribution in [0, 0.1) is 30.3 Å². The summed E-state index contributed by atoms with van der Waals surface area (Å²) >= 11 is 0. The third-order valence-electron chi connectivity index (χ3n) is 5.79. The number of aliphatic hydroxyl groups excluding tert-OH is 3. The minimum absolute atomic E-state index is 0.0379. The molecule has 0 aliphatic carbocycles. The van der Waals surface area contributed by atoms with Gasteiger partial charge >= 0.3 is 0 Å². The minimum Gasteiger partial charge on any atom is -0.386 e. The van der Waals surface area contributed by atoms with E-state index in [2.05, 4.69) is 0 Å². The van der Waals surface area contributed by atoms with E-state index in [0.717, 1.165) is 19.1 Å². The average molecular weight is 480 g/mol. The van der Waals surface area contributed by atoms with Crippen molar-refractivity contribution >= 4 is 6.29 Å². The number of hydrogen-bond acceptors (Lipinski definition) is 10. The van der Waals surface area contributed by atoms with Crippen LogP contribution < -0.4 is 0 Å². The third-order valence-corrected chi connectivity index (χ3v) is 5.79. The molecule has 0 rings (SSSR count). The number of carbonyl (C=O) groups excluding carboxylic acids is 1. The fraction of sp³-hybridized carbons (Fsp3) is 0.950. The maximum absolute atomic E-state index is 11.5. The Balaban J connectivity index is 5.09. The lowest BCUT2D eigenvalue weighted by atomic mass is 9.91. The number of hydrogen-bond donors (Lipinski definition) is 3. The number of unbranched alkanes of at least 4 members (excludes halogenated alkanes) is 6. The second-order valence-corrected chi connectivity index (χ2v) is 8.39. The lowest BCUT2D eigenvalue weighted by molar-refractivity contribution is -0.578. The van der Waals surface area contributed by atoms with Crippen molar-refractivity contribution < 1.29 is 34.9 Å². The first-order valence-corrected chi connectivity index (χ1v) is 11.4. The minimum atomic E-state index is -1.91. The Bertz CT molecular complexity index is 607. The Morgan fingerprint density at radius 2 is 1.09 bits per heavy atom. The van der Waals surface area contributed by atoms with Crippen molar-refractivity contribution in [1.29, 1.82) is 0 Å². The van der Waals surface area contributed by atoms with Crippen molar-refractivity contribution in [3.8, 4) is 0 Å². The van der Waals surface area contributed by atoms with Crippen LogP contribution in [0.25, 0.3) is 0 Å². The van der Waals surface area contributed by atoms with Gasteiger partial charge in [0.1, 0.15) is 24.6 Å². The van der Waals surface area contributed by atoms with Crippen molar-refractivity contribution in [1.82, 2.24) is 0 Å². The summed E-state index contributed by atoms with van der Waals surface area (Å²) in [5.41, 5.74) is 0. The second-order valence-electron chi connectivity index (χ2n) is 8.39. The van der Waals surface area contributed by atoms with E-state index in [9.17, 15) is 50.5 Å². The molecular weight excluding hydrogens is 442 g/mol. The molecule has 0 spiro atoms. The molecule has 192 valence electrons. The maximum Gasteiger partial charge on any atom is 0.245 e. The van der Waals surface area contributed by atoms with E-state index in [1.807, 2.05) is 6.92 Å². The van der Waals surface area contributed by atoms with Gasteiger partial charge in [0.2, 0.25) is 18.1 Å². The first-order chi connectivity index (χ1) is 15.6. The molecule has 6 atom stereocenters. The predicted octanol–water partition coefficient (Wildman–Crippen LogP) is 1.91. The van der Waals surface area contributed by atoms with Gasteiger partial charge < -0.3 is 20.1 Å². The van der Waals surface area contributed by atoms with Crippen LogP contribution >= 0.6 is 0 Å². The predicted molar refractivity (Wildman–Crippen MR) is 118 cm³/mol. The maximum atomic E-state index is 11.5. The van der Waals surface area contributed by atoms with E-state index in [1.54, 1.807) is 0 Å². The fourth-order valence-electron chi connectivity index (χ4n) is 3.73. The standard InChI is InChI=1S/C20H37N3O10/c1-2-3-7-10-18(25)15(21(28)29)13-16(22(30)31)20(27)14-17(23(32)33)19(26)11-8-5-4-6-9-12-24/h12,15-20,25-27H,2-11,13-14H2,1H3. The molecule has 0 amide bonds. The SMILES string of the molecule is CCCCCC(O)C(CC(C(O)CC(C(O)CCCCCCC=O)[N+](=O)[O-])[N+](=O)[O-])[N+](=O)[O-]. The summed E-state index contributed by atoms with van der Waals surface area (Å²) in [6.07, 6.45) is -0.553. The smallest absolute Gasteiger partial charge is 0.245 e. The highest BCUT2D eigenvalue weighted by molar-refractivity contribution is 5.48. The van der Waals surface area contributed by atoms with E-state index in [0.29, 0.717) is 38.5 Å². The normalized spacial score (nSPS) is 16.8. The highest BCUT2D eigenvalue weighted by Gasteiger charge is 2.44. The van der Waals surface area contributed by atoms with Gasteiger partial charge in [-0.05, 0) is 19.3 Å². The average Bonchev–Trinajstić information content (AvgIpc) is 2.73. The van der Waals surface area contributed by atoms with Crippen LogP contribution in [0.3, 0.4) is 0 Å². The zero-order valence-electron chi connectivity index (χ0n) is 19.1. The molecule has 6 unspecified atom stereocenters. The zero-order valence-corrected chi connectivity index (χ0v) is 19.1. The number of aldehydes is 1. The third kappa shape index (κ3) is 12.5. The highest BCUT2D eigenvalue weighted by atomic mass is 16.6. The molecule has 0 aromatic carbocycles. The summed E-state index contributed by atoms with van der Waals surface area (Å²) in [6.45, 7) is 1.91. The van der Waals surface area contributed by atoms with Crippen molar-refractivity contribution in [2.24, 2.45) is 0 Å². The van der Waals surface area contributed by atoms with E-state index < -0.39 is 64.0 Å². The molecule has 0 aromatic rings. The van der Waals surface area contributed by atoms with Crippen LogP contribution in [0.5, 0.6) is 0 Å². The molecule has 0 aliphatic rings. The molecule has 0 saturated carbocycles. The summed E-state index contributed by atoms with van der Waals surface area (Å²) in [7, 11) is 0. The molecule has 13 heteroatoms. The van der Waals surface area contributed by atoms with Gasteiger partial charge in [0.05, 0.1) is 12.8 Å². The van der Waals surface area contributed by atoms with Crippen molar-refractivity contribution in [3.05, 3.63) is 30.3 Å². The van der Waals surface area contributed by atoms with Crippen LogP contribution in [0.15, 0.2) is 0 Å². The molecule has 3 N–H and O–H groups in total. The van der Waals surface area contributed by atoms with Gasteiger partial charge in [0.15, 0.2) is 0 Å². The molecule has 0 radical (unpaired) electrons. The van der Waals surface area contributed by atoms with Gasteiger partial charge in [-0.3, -0.25) is 30.3 Å². The first-order valence-electron chi connectivity index (χ1n) is 11.4. The summed E-state index contributed by atoms with van der Waals surface area (Å²) in [5, 5.41) is 65.0. The van der Waals surface area contributed by atoms with E-state index >= 15 is 0 Å². The number of carbonyl (C=O) groups is 1. The van der Waals surface area contributed by atoms with Crippen molar-refractivity contribution in [2.75, 3.05) is 0 Å². The van der Waals surface area contributed by atoms with E-state index in [4.69, 9.17) is 0 Å². The second kappa shape index (κ2) is 17.3. The molecule has 0 heterocycles. The number of rotatable bonds is 21. The Hall–Kier alpha value is -2.25. The van der Waals surface area contributed by atoms with E-state index in [1.165, 1.54) is 0 Å². The van der Waals surface area contributed by atoms with Crippen LogP contribution in [-0.2, 0) is 4.79 Å². The van der Waals surface area contributed by atoms with Gasteiger partial charge in [-0.2, -0.15) is 0 Å². The van der Waals surface area contributed by atoms with Crippen LogP contribution in [0.1, 0.15) is 84.0 Å². The highest BCUT2D eigenvalue weighted by Crippen LogP contribution is 2.21. The molecule has 0 bridgehead atoms. The quantitative estimate of drug-likeness (QED) is 0.0942. The molecule has 0 fully saturated rings. The lowest BCUT2D eigenvalue weighted by Gasteiger charge is -2.23. The van der Waals surface area contributed by atoms with Gasteiger partial charge in [0, 0.05) is 21.2 Å². The number of nitrogens with zero attached hydrogens (tertiary/aromatic N) is 3. The Morgan fingerprint density at radius 3 is 1.55 bits per heavy atom. The monoisotopic (exact) mass is 479 g/mol. The van der Waals surface area contributed by atoms with Gasteiger partial charge in [-0.1, -0.05) is 45.4 Å². The lowest BCUT2D eigenvalue weighted by Crippen LogP contribution is -2.46. The van der Waals surface area contributed by atoms with Gasteiger partial charge in [0.25, 0.3) is 0 Å².